The second-order valence-electron chi connectivity index (χ2n) is 4.98. The molecule has 0 fully saturated rings. The van der Waals surface area contributed by atoms with Gasteiger partial charge in [0.1, 0.15) is 11.8 Å². The van der Waals surface area contributed by atoms with Crippen molar-refractivity contribution in [2.75, 3.05) is 12.5 Å². The number of hydrogen-bond donors (Lipinski definition) is 3. The molecule has 27 heavy (non-hydrogen) atoms. The van der Waals surface area contributed by atoms with Crippen LogP contribution in [0.5, 0.6) is 5.75 Å². The zero-order valence-electron chi connectivity index (χ0n) is 14.2. The van der Waals surface area contributed by atoms with E-state index in [1.165, 1.54) is 25.5 Å². The van der Waals surface area contributed by atoms with Crippen LogP contribution in [0.1, 0.15) is 15.9 Å². The van der Waals surface area contributed by atoms with Crippen LogP contribution in [0.4, 0.5) is 5.69 Å². The number of aromatic carboxylic acids is 1. The molecule has 0 aliphatic heterocycles. The predicted molar refractivity (Wildman–Crippen MR) is 98.8 cm³/mol. The molecule has 136 valence electrons. The molecular weight excluding hydrogens is 350 g/mol. The number of nitrogens with zero attached hydrogens (tertiary/aromatic N) is 3. The summed E-state index contributed by atoms with van der Waals surface area (Å²) in [6, 6.07) is 14.6. The summed E-state index contributed by atoms with van der Waals surface area (Å²) in [6.45, 7) is 0. The summed E-state index contributed by atoms with van der Waals surface area (Å²) in [4.78, 5) is 23.1. The maximum atomic E-state index is 12.0. The van der Waals surface area contributed by atoms with E-state index in [0.717, 1.165) is 0 Å². The predicted octanol–water partition coefficient (Wildman–Crippen LogP) is 1.84. The topological polar surface area (TPSA) is 136 Å². The molecule has 9 nitrogen and oxygen atoms in total. The van der Waals surface area contributed by atoms with Crippen LogP contribution in [0.3, 0.4) is 0 Å². The zero-order chi connectivity index (χ0) is 19.6. The SMILES string of the molecule is COc1ccccc1/C=N/NC(=O)/C(C#N)=N/Nc1ccccc1C(=O)O. The third kappa shape index (κ3) is 5.14. The van der Waals surface area contributed by atoms with E-state index in [1.54, 1.807) is 42.5 Å². The Morgan fingerprint density at radius 3 is 2.59 bits per heavy atom. The lowest BCUT2D eigenvalue weighted by atomic mass is 10.2. The Labute approximate surface area is 154 Å². The standard InChI is InChI=1S/C18H15N5O4/c1-27-16-9-5-2-6-12(16)11-20-23-17(24)15(10-19)22-21-14-8-4-3-7-13(14)18(25)26/h2-9,11,21H,1H3,(H,23,24)(H,25,26)/b20-11+,22-15+. The summed E-state index contributed by atoms with van der Waals surface area (Å²) in [7, 11) is 1.51. The second kappa shape index (κ2) is 9.33. The van der Waals surface area contributed by atoms with E-state index >= 15 is 0 Å². The van der Waals surface area contributed by atoms with Gasteiger partial charge in [-0.1, -0.05) is 24.3 Å². The molecule has 0 aliphatic rings. The van der Waals surface area contributed by atoms with Gasteiger partial charge in [-0.05, 0) is 24.3 Å². The third-order valence-electron chi connectivity index (χ3n) is 3.28. The average molecular weight is 365 g/mol. The van der Waals surface area contributed by atoms with Crippen molar-refractivity contribution in [3.05, 3.63) is 59.7 Å². The number of carboxylic acids is 1. The summed E-state index contributed by atoms with van der Waals surface area (Å²) in [5.41, 5.74) is 4.78. The quantitative estimate of drug-likeness (QED) is 0.506. The fourth-order valence-corrected chi connectivity index (χ4v) is 2.00. The number of carbonyl (C=O) groups excluding carboxylic acids is 1. The number of methoxy groups -OCH3 is 1. The number of nitrogens with one attached hydrogen (secondary N) is 2. The molecule has 0 saturated heterocycles. The van der Waals surface area contributed by atoms with Crippen molar-refractivity contribution in [1.29, 1.82) is 5.26 Å². The molecule has 0 saturated carbocycles. The fraction of sp³-hybridized carbons (Fsp3) is 0.0556. The summed E-state index contributed by atoms with van der Waals surface area (Å²) >= 11 is 0. The van der Waals surface area contributed by atoms with Crippen LogP contribution in [0.15, 0.2) is 58.7 Å². The molecule has 2 aromatic carbocycles. The van der Waals surface area contributed by atoms with Gasteiger partial charge in [0.15, 0.2) is 0 Å². The molecule has 2 rings (SSSR count). The number of carboxylic acid groups (broad SMARTS) is 1. The average Bonchev–Trinajstić information content (AvgIpc) is 2.69. The van der Waals surface area contributed by atoms with Gasteiger partial charge in [-0.15, -0.1) is 0 Å². The van der Waals surface area contributed by atoms with Crippen LogP contribution >= 0.6 is 0 Å². The summed E-state index contributed by atoms with van der Waals surface area (Å²) < 4.78 is 5.15. The Balaban J connectivity index is 2.08. The number of carbonyl (C=O) groups is 2. The first-order valence-electron chi connectivity index (χ1n) is 7.59. The molecule has 0 heterocycles. The maximum Gasteiger partial charge on any atom is 0.337 e. The lowest BCUT2D eigenvalue weighted by molar-refractivity contribution is -0.114. The van der Waals surface area contributed by atoms with Crippen molar-refractivity contribution in [3.8, 4) is 11.8 Å². The highest BCUT2D eigenvalue weighted by Crippen LogP contribution is 2.15. The number of anilines is 1. The lowest BCUT2D eigenvalue weighted by Gasteiger charge is -2.05. The lowest BCUT2D eigenvalue weighted by Crippen LogP contribution is -2.27. The summed E-state index contributed by atoms with van der Waals surface area (Å²) in [6.07, 6.45) is 1.36. The highest BCUT2D eigenvalue weighted by molar-refractivity contribution is 6.45. The van der Waals surface area contributed by atoms with Crippen molar-refractivity contribution in [1.82, 2.24) is 5.43 Å². The van der Waals surface area contributed by atoms with Gasteiger partial charge >= 0.3 is 11.9 Å². The zero-order valence-corrected chi connectivity index (χ0v) is 14.2. The van der Waals surface area contributed by atoms with Crippen LogP contribution < -0.4 is 15.6 Å². The van der Waals surface area contributed by atoms with E-state index in [2.05, 4.69) is 21.1 Å². The largest absolute Gasteiger partial charge is 0.496 e. The molecule has 1 amide bonds. The van der Waals surface area contributed by atoms with Crippen LogP contribution in [0.2, 0.25) is 0 Å². The van der Waals surface area contributed by atoms with Crippen LogP contribution in [-0.4, -0.2) is 36.0 Å². The molecule has 2 aromatic rings. The Bertz CT molecular complexity index is 947. The van der Waals surface area contributed by atoms with Crippen molar-refractivity contribution >= 4 is 29.5 Å². The molecule has 3 N–H and O–H groups in total. The van der Waals surface area contributed by atoms with E-state index < -0.39 is 17.6 Å². The van der Waals surface area contributed by atoms with Gasteiger partial charge in [-0.25, -0.2) is 10.2 Å². The molecule has 0 radical (unpaired) electrons. The fourth-order valence-electron chi connectivity index (χ4n) is 2.00. The van der Waals surface area contributed by atoms with E-state index in [9.17, 15) is 9.59 Å². The number of ether oxygens (including phenoxy) is 1. The summed E-state index contributed by atoms with van der Waals surface area (Å²) in [5.74, 6) is -1.46. The molecule has 0 spiro atoms. The number of rotatable bonds is 7. The first-order valence-corrected chi connectivity index (χ1v) is 7.59. The van der Waals surface area contributed by atoms with Gasteiger partial charge in [0.2, 0.25) is 5.71 Å². The van der Waals surface area contributed by atoms with Gasteiger partial charge in [0.25, 0.3) is 0 Å². The Hall–Kier alpha value is -4.19. The van der Waals surface area contributed by atoms with Crippen LogP contribution in [0, 0.1) is 11.3 Å². The minimum absolute atomic E-state index is 0.0480. The molecule has 0 bridgehead atoms. The number of benzene rings is 2. The number of para-hydroxylation sites is 2. The van der Waals surface area contributed by atoms with E-state index in [1.807, 2.05) is 0 Å². The Kier molecular flexibility index (Phi) is 6.62. The number of amides is 1. The van der Waals surface area contributed by atoms with Crippen molar-refractivity contribution in [3.63, 3.8) is 0 Å². The smallest absolute Gasteiger partial charge is 0.337 e. The monoisotopic (exact) mass is 365 g/mol. The minimum atomic E-state index is -1.17. The molecular formula is C18H15N5O4. The van der Waals surface area contributed by atoms with Crippen molar-refractivity contribution in [2.24, 2.45) is 10.2 Å². The number of nitriles is 1. The first kappa shape index (κ1) is 19.1. The number of hydrogen-bond acceptors (Lipinski definition) is 7. The number of hydrazone groups is 2. The third-order valence-corrected chi connectivity index (χ3v) is 3.28. The normalized spacial score (nSPS) is 10.9. The van der Waals surface area contributed by atoms with Gasteiger partial charge in [0, 0.05) is 5.56 Å². The molecule has 0 aliphatic carbocycles. The van der Waals surface area contributed by atoms with E-state index in [4.69, 9.17) is 15.1 Å². The highest BCUT2D eigenvalue weighted by Gasteiger charge is 2.12. The second-order valence-corrected chi connectivity index (χ2v) is 4.98. The minimum Gasteiger partial charge on any atom is -0.496 e. The van der Waals surface area contributed by atoms with Crippen LogP contribution in [0.25, 0.3) is 0 Å². The first-order chi connectivity index (χ1) is 13.1. The summed E-state index contributed by atoms with van der Waals surface area (Å²) in [5, 5.41) is 25.6. The van der Waals surface area contributed by atoms with Gasteiger partial charge in [-0.2, -0.15) is 15.5 Å². The Morgan fingerprint density at radius 1 is 1.19 bits per heavy atom. The molecule has 0 atom stereocenters. The van der Waals surface area contributed by atoms with Crippen LogP contribution in [-0.2, 0) is 4.79 Å². The van der Waals surface area contributed by atoms with Crippen molar-refractivity contribution in [2.45, 2.75) is 0 Å². The highest BCUT2D eigenvalue weighted by atomic mass is 16.5. The van der Waals surface area contributed by atoms with Crippen molar-refractivity contribution < 1.29 is 19.4 Å². The van der Waals surface area contributed by atoms with Gasteiger partial charge in [-0.3, -0.25) is 10.2 Å². The molecule has 0 aromatic heterocycles. The van der Waals surface area contributed by atoms with Gasteiger partial charge in [0.05, 0.1) is 24.6 Å². The van der Waals surface area contributed by atoms with E-state index in [0.29, 0.717) is 11.3 Å². The van der Waals surface area contributed by atoms with Gasteiger partial charge < -0.3 is 9.84 Å². The Morgan fingerprint density at radius 2 is 1.89 bits per heavy atom. The molecule has 9 heteroatoms. The molecule has 0 unspecified atom stereocenters. The van der Waals surface area contributed by atoms with E-state index in [-0.39, 0.29) is 11.3 Å². The maximum absolute atomic E-state index is 12.0.